The highest BCUT2D eigenvalue weighted by atomic mass is 79.9. The van der Waals surface area contributed by atoms with E-state index in [2.05, 4.69) is 54.9 Å². The Bertz CT molecular complexity index is 347. The lowest BCUT2D eigenvalue weighted by Gasteiger charge is -2.27. The van der Waals surface area contributed by atoms with E-state index in [1.54, 1.807) is 5.56 Å². The summed E-state index contributed by atoms with van der Waals surface area (Å²) < 4.78 is 1.29. The Morgan fingerprint density at radius 1 is 1.29 bits per heavy atom. The third kappa shape index (κ3) is 1.63. The number of hydrogen-bond donors (Lipinski definition) is 0. The Labute approximate surface area is 94.8 Å². The summed E-state index contributed by atoms with van der Waals surface area (Å²) in [5.41, 5.74) is 3.49. The normalized spacial score (nSPS) is 21.0. The van der Waals surface area contributed by atoms with Gasteiger partial charge in [-0.15, -0.1) is 0 Å². The van der Waals surface area contributed by atoms with Crippen LogP contribution in [-0.4, -0.2) is 0 Å². The predicted molar refractivity (Wildman–Crippen MR) is 64.7 cm³/mol. The molecule has 0 aromatic heterocycles. The van der Waals surface area contributed by atoms with Crippen molar-refractivity contribution < 1.29 is 0 Å². The summed E-state index contributed by atoms with van der Waals surface area (Å²) in [6.45, 7) is 7.02. The third-order valence-electron chi connectivity index (χ3n) is 3.26. The molecule has 76 valence electrons. The van der Waals surface area contributed by atoms with Crippen molar-refractivity contribution in [2.45, 2.75) is 39.5 Å². The van der Waals surface area contributed by atoms with Crippen molar-refractivity contribution in [1.29, 1.82) is 0 Å². The van der Waals surface area contributed by atoms with Gasteiger partial charge in [0.2, 0.25) is 0 Å². The lowest BCUT2D eigenvalue weighted by molar-refractivity contribution is 0.319. The molecular formula is C13H17Br. The average Bonchev–Trinajstić information content (AvgIpc) is 2.47. The molecular weight excluding hydrogens is 236 g/mol. The van der Waals surface area contributed by atoms with Crippen LogP contribution in [0.15, 0.2) is 22.7 Å². The number of hydrogen-bond acceptors (Lipinski definition) is 0. The molecule has 0 fully saturated rings. The zero-order chi connectivity index (χ0) is 10.3. The van der Waals surface area contributed by atoms with Crippen LogP contribution in [0.4, 0.5) is 0 Å². The van der Waals surface area contributed by atoms with Crippen molar-refractivity contribution in [1.82, 2.24) is 0 Å². The summed E-state index contributed by atoms with van der Waals surface area (Å²) in [6, 6.07) is 6.61. The van der Waals surface area contributed by atoms with E-state index in [0.717, 1.165) is 5.92 Å². The summed E-state index contributed by atoms with van der Waals surface area (Å²) in [6.07, 6.45) is 2.54. The molecule has 0 radical (unpaired) electrons. The van der Waals surface area contributed by atoms with Crippen molar-refractivity contribution >= 4 is 15.9 Å². The molecule has 0 N–H and O–H groups in total. The first-order valence-electron chi connectivity index (χ1n) is 5.27. The Morgan fingerprint density at radius 2 is 2.00 bits per heavy atom. The van der Waals surface area contributed by atoms with E-state index >= 15 is 0 Å². The molecule has 0 heterocycles. The SMILES string of the molecule is CC(C)(C)[C@H]1CCc2c(Br)cccc21. The van der Waals surface area contributed by atoms with Crippen LogP contribution >= 0.6 is 15.9 Å². The molecule has 1 aliphatic rings. The van der Waals surface area contributed by atoms with Crippen molar-refractivity contribution in [3.8, 4) is 0 Å². The van der Waals surface area contributed by atoms with Gasteiger partial charge < -0.3 is 0 Å². The van der Waals surface area contributed by atoms with Gasteiger partial charge in [0, 0.05) is 4.47 Å². The highest BCUT2D eigenvalue weighted by molar-refractivity contribution is 9.10. The van der Waals surface area contributed by atoms with E-state index in [0.29, 0.717) is 5.41 Å². The topological polar surface area (TPSA) is 0 Å². The highest BCUT2D eigenvalue weighted by Gasteiger charge is 2.32. The first-order chi connectivity index (χ1) is 6.50. The van der Waals surface area contributed by atoms with Gasteiger partial charge in [-0.3, -0.25) is 0 Å². The van der Waals surface area contributed by atoms with E-state index in [1.165, 1.54) is 22.9 Å². The largest absolute Gasteiger partial charge is 0.0608 e. The Balaban J connectivity index is 2.45. The Hall–Kier alpha value is -0.300. The fourth-order valence-electron chi connectivity index (χ4n) is 2.51. The second kappa shape index (κ2) is 3.37. The molecule has 0 unspecified atom stereocenters. The minimum Gasteiger partial charge on any atom is -0.0608 e. The fourth-order valence-corrected chi connectivity index (χ4v) is 3.09. The molecule has 1 aliphatic carbocycles. The standard InChI is InChI=1S/C13H17Br/c1-13(2,3)11-8-7-10-9(11)5-4-6-12(10)14/h4-6,11H,7-8H2,1-3H3/t11-/m0/s1. The van der Waals surface area contributed by atoms with Crippen molar-refractivity contribution in [3.05, 3.63) is 33.8 Å². The lowest BCUT2D eigenvalue weighted by Crippen LogP contribution is -2.15. The maximum atomic E-state index is 3.64. The third-order valence-corrected chi connectivity index (χ3v) is 4.00. The number of fused-ring (bicyclic) bond motifs is 1. The first kappa shape index (κ1) is 10.2. The van der Waals surface area contributed by atoms with E-state index in [-0.39, 0.29) is 0 Å². The van der Waals surface area contributed by atoms with Gasteiger partial charge in [0.1, 0.15) is 0 Å². The van der Waals surface area contributed by atoms with Gasteiger partial charge in [-0.25, -0.2) is 0 Å². The molecule has 1 aromatic carbocycles. The average molecular weight is 253 g/mol. The lowest BCUT2D eigenvalue weighted by atomic mass is 9.77. The predicted octanol–water partition coefficient (Wildman–Crippen LogP) is 4.53. The van der Waals surface area contributed by atoms with E-state index < -0.39 is 0 Å². The van der Waals surface area contributed by atoms with Gasteiger partial charge in [-0.1, -0.05) is 48.8 Å². The summed E-state index contributed by atoms with van der Waals surface area (Å²) in [7, 11) is 0. The summed E-state index contributed by atoms with van der Waals surface area (Å²) >= 11 is 3.64. The summed E-state index contributed by atoms with van der Waals surface area (Å²) in [4.78, 5) is 0. The van der Waals surface area contributed by atoms with Crippen LogP contribution in [0.2, 0.25) is 0 Å². The first-order valence-corrected chi connectivity index (χ1v) is 6.07. The van der Waals surface area contributed by atoms with Gasteiger partial charge in [0.15, 0.2) is 0 Å². The monoisotopic (exact) mass is 252 g/mol. The molecule has 0 saturated carbocycles. The van der Waals surface area contributed by atoms with Crippen LogP contribution in [0.3, 0.4) is 0 Å². The van der Waals surface area contributed by atoms with Gasteiger partial charge in [0.25, 0.3) is 0 Å². The minimum atomic E-state index is 0.395. The Morgan fingerprint density at radius 3 is 2.64 bits per heavy atom. The van der Waals surface area contributed by atoms with Crippen LogP contribution in [0.25, 0.3) is 0 Å². The van der Waals surface area contributed by atoms with Crippen LogP contribution in [0, 0.1) is 5.41 Å². The molecule has 1 atom stereocenters. The van der Waals surface area contributed by atoms with Crippen LogP contribution in [-0.2, 0) is 6.42 Å². The zero-order valence-corrected chi connectivity index (χ0v) is 10.7. The minimum absolute atomic E-state index is 0.395. The van der Waals surface area contributed by atoms with Gasteiger partial charge >= 0.3 is 0 Å². The molecule has 0 amide bonds. The molecule has 0 aliphatic heterocycles. The van der Waals surface area contributed by atoms with Crippen molar-refractivity contribution in [2.24, 2.45) is 5.41 Å². The molecule has 14 heavy (non-hydrogen) atoms. The molecule has 1 aromatic rings. The molecule has 2 rings (SSSR count). The van der Waals surface area contributed by atoms with Crippen molar-refractivity contribution in [3.63, 3.8) is 0 Å². The van der Waals surface area contributed by atoms with E-state index in [9.17, 15) is 0 Å². The van der Waals surface area contributed by atoms with Gasteiger partial charge in [-0.2, -0.15) is 0 Å². The fraction of sp³-hybridized carbons (Fsp3) is 0.538. The van der Waals surface area contributed by atoms with Gasteiger partial charge in [0.05, 0.1) is 0 Å². The highest BCUT2D eigenvalue weighted by Crippen LogP contribution is 2.46. The second-order valence-corrected chi connectivity index (χ2v) is 6.12. The van der Waals surface area contributed by atoms with Crippen LogP contribution in [0.5, 0.6) is 0 Å². The molecule has 0 saturated heterocycles. The quantitative estimate of drug-likeness (QED) is 0.637. The number of rotatable bonds is 0. The molecule has 1 heteroatoms. The number of halogens is 1. The van der Waals surface area contributed by atoms with Crippen LogP contribution < -0.4 is 0 Å². The molecule has 0 spiro atoms. The molecule has 0 nitrogen and oxygen atoms in total. The summed E-state index contributed by atoms with van der Waals surface area (Å²) in [5.74, 6) is 0.731. The smallest absolute Gasteiger partial charge is 0.0210 e. The maximum absolute atomic E-state index is 3.64. The molecule has 0 bridgehead atoms. The zero-order valence-electron chi connectivity index (χ0n) is 9.10. The maximum Gasteiger partial charge on any atom is 0.0210 e. The second-order valence-electron chi connectivity index (χ2n) is 5.26. The van der Waals surface area contributed by atoms with Gasteiger partial charge in [-0.05, 0) is 41.4 Å². The van der Waals surface area contributed by atoms with E-state index in [1.807, 2.05) is 0 Å². The summed E-state index contributed by atoms with van der Waals surface area (Å²) in [5, 5.41) is 0. The van der Waals surface area contributed by atoms with Crippen LogP contribution in [0.1, 0.15) is 44.2 Å². The number of benzene rings is 1. The van der Waals surface area contributed by atoms with E-state index in [4.69, 9.17) is 0 Å². The Kier molecular flexibility index (Phi) is 2.46. The van der Waals surface area contributed by atoms with Crippen molar-refractivity contribution in [2.75, 3.05) is 0 Å².